The summed E-state index contributed by atoms with van der Waals surface area (Å²) in [7, 11) is 1.24. The van der Waals surface area contributed by atoms with Gasteiger partial charge in [0.25, 0.3) is 0 Å². The molecule has 0 amide bonds. The van der Waals surface area contributed by atoms with Crippen LogP contribution in [-0.4, -0.2) is 42.6 Å². The maximum atomic E-state index is 12.7. The third-order valence-corrected chi connectivity index (χ3v) is 6.48. The summed E-state index contributed by atoms with van der Waals surface area (Å²) in [4.78, 5) is 49.9. The minimum absolute atomic E-state index is 0.00102. The van der Waals surface area contributed by atoms with Crippen LogP contribution in [-0.2, 0) is 35.1 Å². The first-order valence-corrected chi connectivity index (χ1v) is 13.4. The SMILES string of the molecule is CCC(C)C(=O)Oc1ccc(CC(N)(C[C@H](C)OC(=O)CCC(C)C)C(=O)OC)cc1OC(=O)C(C)CC. The van der Waals surface area contributed by atoms with Gasteiger partial charge < -0.3 is 24.7 Å². The molecule has 0 bridgehead atoms. The van der Waals surface area contributed by atoms with Crippen LogP contribution in [0.4, 0.5) is 0 Å². The molecule has 0 fully saturated rings. The molecule has 214 valence electrons. The van der Waals surface area contributed by atoms with E-state index in [1.165, 1.54) is 19.2 Å². The Morgan fingerprint density at radius 3 is 1.95 bits per heavy atom. The van der Waals surface area contributed by atoms with Crippen LogP contribution in [0.5, 0.6) is 11.5 Å². The molecule has 4 atom stereocenters. The normalized spacial score (nSPS) is 15.1. The van der Waals surface area contributed by atoms with Crippen molar-refractivity contribution in [2.75, 3.05) is 7.11 Å². The Balaban J connectivity index is 3.24. The van der Waals surface area contributed by atoms with E-state index in [2.05, 4.69) is 0 Å². The van der Waals surface area contributed by atoms with Crippen LogP contribution in [0, 0.1) is 17.8 Å². The van der Waals surface area contributed by atoms with Crippen molar-refractivity contribution in [2.45, 2.75) is 98.6 Å². The number of hydrogen-bond acceptors (Lipinski definition) is 9. The summed E-state index contributed by atoms with van der Waals surface area (Å²) >= 11 is 0. The topological polar surface area (TPSA) is 131 Å². The number of ether oxygens (including phenoxy) is 4. The largest absolute Gasteiger partial charge is 0.468 e. The molecule has 1 rings (SSSR count). The zero-order valence-corrected chi connectivity index (χ0v) is 24.1. The Labute approximate surface area is 226 Å². The minimum atomic E-state index is -1.53. The van der Waals surface area contributed by atoms with Crippen molar-refractivity contribution >= 4 is 23.9 Å². The molecular weight excluding hydrogens is 490 g/mol. The molecule has 0 spiro atoms. The van der Waals surface area contributed by atoms with Gasteiger partial charge >= 0.3 is 23.9 Å². The number of nitrogens with two attached hydrogens (primary N) is 1. The van der Waals surface area contributed by atoms with Crippen LogP contribution in [0.15, 0.2) is 18.2 Å². The number of rotatable bonds is 15. The third-order valence-electron chi connectivity index (χ3n) is 6.48. The lowest BCUT2D eigenvalue weighted by Gasteiger charge is -2.29. The molecule has 0 aliphatic carbocycles. The first kappa shape index (κ1) is 33.1. The van der Waals surface area contributed by atoms with Gasteiger partial charge in [-0.25, -0.2) is 0 Å². The monoisotopic (exact) mass is 535 g/mol. The molecule has 1 aromatic carbocycles. The van der Waals surface area contributed by atoms with Crippen molar-refractivity contribution in [3.8, 4) is 11.5 Å². The molecule has 38 heavy (non-hydrogen) atoms. The summed E-state index contributed by atoms with van der Waals surface area (Å²) < 4.78 is 21.6. The van der Waals surface area contributed by atoms with Gasteiger partial charge in [-0.3, -0.25) is 19.2 Å². The van der Waals surface area contributed by atoms with E-state index in [0.29, 0.717) is 30.7 Å². The molecular formula is C29H45NO8. The van der Waals surface area contributed by atoms with Crippen LogP contribution in [0.25, 0.3) is 0 Å². The Morgan fingerprint density at radius 1 is 0.895 bits per heavy atom. The van der Waals surface area contributed by atoms with Gasteiger partial charge in [0.05, 0.1) is 18.9 Å². The number of benzene rings is 1. The van der Waals surface area contributed by atoms with E-state index in [-0.39, 0.29) is 48.6 Å². The molecule has 9 nitrogen and oxygen atoms in total. The first-order valence-electron chi connectivity index (χ1n) is 13.4. The lowest BCUT2D eigenvalue weighted by Crippen LogP contribution is -2.53. The molecule has 0 heterocycles. The van der Waals surface area contributed by atoms with Crippen LogP contribution in [0.3, 0.4) is 0 Å². The van der Waals surface area contributed by atoms with Crippen molar-refractivity contribution < 1.29 is 38.1 Å². The van der Waals surface area contributed by atoms with Gasteiger partial charge in [-0.1, -0.05) is 47.6 Å². The quantitative estimate of drug-likeness (QED) is 0.249. The summed E-state index contributed by atoms with van der Waals surface area (Å²) in [5.74, 6) is -2.14. The second-order valence-electron chi connectivity index (χ2n) is 10.5. The predicted molar refractivity (Wildman–Crippen MR) is 144 cm³/mol. The van der Waals surface area contributed by atoms with E-state index in [9.17, 15) is 19.2 Å². The molecule has 0 aliphatic heterocycles. The molecule has 0 aliphatic rings. The van der Waals surface area contributed by atoms with Crippen LogP contribution < -0.4 is 15.2 Å². The molecule has 9 heteroatoms. The summed E-state index contributed by atoms with van der Waals surface area (Å²) in [6, 6.07) is 4.69. The fourth-order valence-corrected chi connectivity index (χ4v) is 3.62. The zero-order chi connectivity index (χ0) is 29.0. The lowest BCUT2D eigenvalue weighted by molar-refractivity contribution is -0.155. The van der Waals surface area contributed by atoms with Crippen LogP contribution in [0.2, 0.25) is 0 Å². The summed E-state index contributed by atoms with van der Waals surface area (Å²) in [6.45, 7) is 12.9. The highest BCUT2D eigenvalue weighted by molar-refractivity contribution is 5.81. The van der Waals surface area contributed by atoms with Gasteiger partial charge in [-0.15, -0.1) is 0 Å². The van der Waals surface area contributed by atoms with Gasteiger partial charge in [-0.2, -0.15) is 0 Å². The number of esters is 4. The standard InChI is InChI=1S/C29H45NO8/c1-9-19(5)26(32)37-23-13-12-22(15-24(23)38-27(33)20(6)10-2)17-29(30,28(34)35-8)16-21(7)36-25(31)14-11-18(3)4/h12-13,15,18-21H,9-11,14,16-17,30H2,1-8H3/t19?,20?,21-,29?/m0/s1. The van der Waals surface area contributed by atoms with Crippen molar-refractivity contribution in [3.63, 3.8) is 0 Å². The van der Waals surface area contributed by atoms with Crippen LogP contribution >= 0.6 is 0 Å². The Kier molecular flexibility index (Phi) is 13.5. The average Bonchev–Trinajstić information content (AvgIpc) is 2.86. The molecule has 1 aromatic rings. The highest BCUT2D eigenvalue weighted by Gasteiger charge is 2.38. The lowest BCUT2D eigenvalue weighted by atomic mass is 9.86. The molecule has 0 aromatic heterocycles. The third kappa shape index (κ3) is 10.4. The summed E-state index contributed by atoms with van der Waals surface area (Å²) in [6.07, 6.45) is 1.51. The minimum Gasteiger partial charge on any atom is -0.468 e. The van der Waals surface area contributed by atoms with Crippen molar-refractivity contribution in [3.05, 3.63) is 23.8 Å². The van der Waals surface area contributed by atoms with Crippen molar-refractivity contribution in [1.29, 1.82) is 0 Å². The fraction of sp³-hybridized carbons (Fsp3) is 0.655. The molecule has 2 N–H and O–H groups in total. The van der Waals surface area contributed by atoms with Gasteiger partial charge in [0.15, 0.2) is 11.5 Å². The van der Waals surface area contributed by atoms with Gasteiger partial charge in [0.1, 0.15) is 11.6 Å². The Morgan fingerprint density at radius 2 is 1.45 bits per heavy atom. The molecule has 0 saturated carbocycles. The summed E-state index contributed by atoms with van der Waals surface area (Å²) in [5.41, 5.74) is 5.54. The number of carbonyl (C=O) groups is 4. The second kappa shape index (κ2) is 15.5. The van der Waals surface area contributed by atoms with Crippen molar-refractivity contribution in [2.24, 2.45) is 23.5 Å². The smallest absolute Gasteiger partial charge is 0.326 e. The molecule has 0 saturated heterocycles. The Hall–Kier alpha value is -2.94. The van der Waals surface area contributed by atoms with E-state index in [1.807, 2.05) is 27.7 Å². The van der Waals surface area contributed by atoms with E-state index in [1.54, 1.807) is 26.8 Å². The highest BCUT2D eigenvalue weighted by Crippen LogP contribution is 2.32. The molecule has 3 unspecified atom stereocenters. The van der Waals surface area contributed by atoms with E-state index >= 15 is 0 Å². The maximum absolute atomic E-state index is 12.7. The maximum Gasteiger partial charge on any atom is 0.326 e. The van der Waals surface area contributed by atoms with Gasteiger partial charge in [0.2, 0.25) is 0 Å². The van der Waals surface area contributed by atoms with E-state index < -0.39 is 29.6 Å². The first-order chi connectivity index (χ1) is 17.8. The average molecular weight is 536 g/mol. The highest BCUT2D eigenvalue weighted by atomic mass is 16.6. The van der Waals surface area contributed by atoms with Crippen molar-refractivity contribution in [1.82, 2.24) is 0 Å². The number of hydrogen-bond donors (Lipinski definition) is 1. The number of carbonyl (C=O) groups excluding carboxylic acids is 4. The number of methoxy groups -OCH3 is 1. The fourth-order valence-electron chi connectivity index (χ4n) is 3.62. The van der Waals surface area contributed by atoms with E-state index in [4.69, 9.17) is 24.7 Å². The van der Waals surface area contributed by atoms with Gasteiger partial charge in [-0.05, 0) is 49.8 Å². The molecule has 0 radical (unpaired) electrons. The van der Waals surface area contributed by atoms with Gasteiger partial charge in [0, 0.05) is 19.3 Å². The second-order valence-corrected chi connectivity index (χ2v) is 10.5. The van der Waals surface area contributed by atoms with Crippen LogP contribution in [0.1, 0.15) is 86.1 Å². The zero-order valence-electron chi connectivity index (χ0n) is 24.1. The Bertz CT molecular complexity index is 960. The summed E-state index contributed by atoms with van der Waals surface area (Å²) in [5, 5.41) is 0. The predicted octanol–water partition coefficient (Wildman–Crippen LogP) is 4.76. The van der Waals surface area contributed by atoms with E-state index in [0.717, 1.165) is 0 Å².